The summed E-state index contributed by atoms with van der Waals surface area (Å²) in [5.74, 6) is 1.52. The number of aliphatic hydroxyl groups is 1. The highest BCUT2D eigenvalue weighted by Crippen LogP contribution is 2.49. The highest BCUT2D eigenvalue weighted by Gasteiger charge is 2.47. The summed E-state index contributed by atoms with van der Waals surface area (Å²) in [5, 5.41) is 9.50. The summed E-state index contributed by atoms with van der Waals surface area (Å²) in [4.78, 5) is 14.6. The van der Waals surface area contributed by atoms with E-state index < -0.39 is 0 Å². The van der Waals surface area contributed by atoms with Crippen molar-refractivity contribution in [3.63, 3.8) is 0 Å². The molecule has 3 fully saturated rings. The van der Waals surface area contributed by atoms with Crippen LogP contribution in [0.15, 0.2) is 18.2 Å². The van der Waals surface area contributed by atoms with Gasteiger partial charge in [-0.25, -0.2) is 0 Å². The van der Waals surface area contributed by atoms with Gasteiger partial charge in [0.25, 0.3) is 0 Å². The molecule has 27 heavy (non-hydrogen) atoms. The molecule has 1 aromatic rings. The molecule has 0 aromatic heterocycles. The van der Waals surface area contributed by atoms with Crippen molar-refractivity contribution in [1.29, 1.82) is 0 Å². The first-order chi connectivity index (χ1) is 13.0. The van der Waals surface area contributed by atoms with Gasteiger partial charge in [0.1, 0.15) is 0 Å². The Morgan fingerprint density at radius 3 is 2.22 bits per heavy atom. The van der Waals surface area contributed by atoms with Crippen LogP contribution in [-0.2, 0) is 4.79 Å². The first-order valence-electron chi connectivity index (χ1n) is 11.0. The fourth-order valence-electron chi connectivity index (χ4n) is 5.43. The number of amides is 1. The molecule has 4 rings (SSSR count). The first kappa shape index (κ1) is 19.0. The third-order valence-electron chi connectivity index (χ3n) is 7.26. The van der Waals surface area contributed by atoms with Crippen molar-refractivity contribution in [2.24, 2.45) is 11.3 Å². The van der Waals surface area contributed by atoms with Gasteiger partial charge in [-0.1, -0.05) is 37.1 Å². The SMILES string of the molecule is CCC[C@H](CO)C(=O)N1CC2(CCC(c3cc(C)cc(C4CC4)c3)CC2)C1. The zero-order valence-corrected chi connectivity index (χ0v) is 17.0. The van der Waals surface area contributed by atoms with Gasteiger partial charge in [0, 0.05) is 18.5 Å². The Morgan fingerprint density at radius 1 is 1.11 bits per heavy atom. The lowest BCUT2D eigenvalue weighted by atomic mass is 9.64. The molecule has 0 radical (unpaired) electrons. The zero-order chi connectivity index (χ0) is 19.0. The minimum absolute atomic E-state index is 0.00503. The Morgan fingerprint density at radius 2 is 1.70 bits per heavy atom. The number of aliphatic hydroxyl groups excluding tert-OH is 1. The second kappa shape index (κ2) is 7.58. The fraction of sp³-hybridized carbons (Fsp3) is 0.708. The van der Waals surface area contributed by atoms with Gasteiger partial charge in [-0.05, 0) is 74.8 Å². The number of hydrogen-bond acceptors (Lipinski definition) is 2. The van der Waals surface area contributed by atoms with E-state index in [0.29, 0.717) is 11.3 Å². The quantitative estimate of drug-likeness (QED) is 0.785. The molecule has 2 aliphatic carbocycles. The minimum atomic E-state index is -0.183. The van der Waals surface area contributed by atoms with E-state index in [2.05, 4.69) is 32.0 Å². The summed E-state index contributed by atoms with van der Waals surface area (Å²) in [6.07, 6.45) is 9.49. The molecule has 1 atom stereocenters. The van der Waals surface area contributed by atoms with Crippen molar-refractivity contribution >= 4 is 5.91 Å². The number of nitrogens with zero attached hydrogens (tertiary/aromatic N) is 1. The number of hydrogen-bond donors (Lipinski definition) is 1. The van der Waals surface area contributed by atoms with Gasteiger partial charge in [-0.15, -0.1) is 0 Å². The largest absolute Gasteiger partial charge is 0.396 e. The summed E-state index contributed by atoms with van der Waals surface area (Å²) in [5.41, 5.74) is 4.90. The topological polar surface area (TPSA) is 40.5 Å². The summed E-state index contributed by atoms with van der Waals surface area (Å²) >= 11 is 0. The van der Waals surface area contributed by atoms with Crippen LogP contribution in [0.25, 0.3) is 0 Å². The van der Waals surface area contributed by atoms with Gasteiger partial charge in [-0.2, -0.15) is 0 Å². The average molecular weight is 370 g/mol. The molecule has 1 amide bonds. The summed E-state index contributed by atoms with van der Waals surface area (Å²) in [6, 6.07) is 7.27. The standard InChI is InChI=1S/C24H35NO2/c1-3-4-20(14-26)23(27)25-15-24(16-25)9-7-19(8-10-24)22-12-17(2)11-21(13-22)18-5-6-18/h11-13,18-20,26H,3-10,14-16H2,1-2H3/t20-/m1/s1. The van der Waals surface area contributed by atoms with Gasteiger partial charge in [0.15, 0.2) is 0 Å². The van der Waals surface area contributed by atoms with Crippen LogP contribution < -0.4 is 0 Å². The molecule has 3 nitrogen and oxygen atoms in total. The van der Waals surface area contributed by atoms with E-state index in [4.69, 9.17) is 0 Å². The molecule has 1 spiro atoms. The Bertz CT molecular complexity index is 678. The number of carbonyl (C=O) groups excluding carboxylic acids is 1. The predicted molar refractivity (Wildman–Crippen MR) is 109 cm³/mol. The second-order valence-electron chi connectivity index (χ2n) is 9.59. The van der Waals surface area contributed by atoms with Crippen LogP contribution >= 0.6 is 0 Å². The van der Waals surface area contributed by atoms with Gasteiger partial charge in [0.2, 0.25) is 5.91 Å². The molecule has 1 N–H and O–H groups in total. The Hall–Kier alpha value is -1.35. The van der Waals surface area contributed by atoms with Crippen molar-refractivity contribution in [2.45, 2.75) is 77.0 Å². The number of likely N-dealkylation sites (tertiary alicyclic amines) is 1. The Kier molecular flexibility index (Phi) is 5.33. The first-order valence-corrected chi connectivity index (χ1v) is 11.0. The van der Waals surface area contributed by atoms with E-state index in [0.717, 1.165) is 31.8 Å². The monoisotopic (exact) mass is 369 g/mol. The lowest BCUT2D eigenvalue weighted by Crippen LogP contribution is -2.60. The lowest BCUT2D eigenvalue weighted by Gasteiger charge is -2.54. The molecular weight excluding hydrogens is 334 g/mol. The van der Waals surface area contributed by atoms with Gasteiger partial charge >= 0.3 is 0 Å². The van der Waals surface area contributed by atoms with Crippen LogP contribution in [-0.4, -0.2) is 35.6 Å². The fourth-order valence-corrected chi connectivity index (χ4v) is 5.43. The van der Waals surface area contributed by atoms with Crippen LogP contribution in [0.4, 0.5) is 0 Å². The molecular formula is C24H35NO2. The number of benzene rings is 1. The minimum Gasteiger partial charge on any atom is -0.396 e. The van der Waals surface area contributed by atoms with E-state index >= 15 is 0 Å². The molecule has 1 aromatic carbocycles. The van der Waals surface area contributed by atoms with Crippen molar-refractivity contribution in [3.8, 4) is 0 Å². The van der Waals surface area contributed by atoms with E-state index in [1.54, 1.807) is 11.1 Å². The number of aryl methyl sites for hydroxylation is 1. The van der Waals surface area contributed by atoms with Gasteiger partial charge in [-0.3, -0.25) is 4.79 Å². The van der Waals surface area contributed by atoms with E-state index in [1.165, 1.54) is 44.1 Å². The maximum atomic E-state index is 12.6. The van der Waals surface area contributed by atoms with E-state index in [9.17, 15) is 9.90 Å². The van der Waals surface area contributed by atoms with Crippen LogP contribution in [0.1, 0.15) is 86.8 Å². The average Bonchev–Trinajstić information content (AvgIpc) is 3.48. The van der Waals surface area contributed by atoms with Crippen LogP contribution in [0, 0.1) is 18.3 Å². The Balaban J connectivity index is 1.33. The maximum Gasteiger partial charge on any atom is 0.228 e. The van der Waals surface area contributed by atoms with E-state index in [1.807, 2.05) is 4.90 Å². The predicted octanol–water partition coefficient (Wildman–Crippen LogP) is 4.77. The Labute approximate surface area is 164 Å². The maximum absolute atomic E-state index is 12.6. The van der Waals surface area contributed by atoms with Crippen LogP contribution in [0.3, 0.4) is 0 Å². The number of carbonyl (C=O) groups is 1. The highest BCUT2D eigenvalue weighted by atomic mass is 16.3. The smallest absolute Gasteiger partial charge is 0.228 e. The third kappa shape index (κ3) is 3.94. The molecule has 1 heterocycles. The molecule has 0 unspecified atom stereocenters. The molecule has 0 bridgehead atoms. The normalized spacial score (nSPS) is 23.3. The molecule has 1 saturated heterocycles. The molecule has 1 aliphatic heterocycles. The number of rotatable bonds is 6. The second-order valence-corrected chi connectivity index (χ2v) is 9.59. The van der Waals surface area contributed by atoms with Crippen molar-refractivity contribution < 1.29 is 9.90 Å². The van der Waals surface area contributed by atoms with Gasteiger partial charge < -0.3 is 10.0 Å². The van der Waals surface area contributed by atoms with Crippen LogP contribution in [0.2, 0.25) is 0 Å². The molecule has 3 aliphatic rings. The molecule has 3 heteroatoms. The summed E-state index contributed by atoms with van der Waals surface area (Å²) < 4.78 is 0. The van der Waals surface area contributed by atoms with Crippen LogP contribution in [0.5, 0.6) is 0 Å². The third-order valence-corrected chi connectivity index (χ3v) is 7.26. The molecule has 2 saturated carbocycles. The summed E-state index contributed by atoms with van der Waals surface area (Å²) in [6.45, 7) is 6.15. The van der Waals surface area contributed by atoms with Crippen molar-refractivity contribution in [3.05, 3.63) is 34.9 Å². The summed E-state index contributed by atoms with van der Waals surface area (Å²) in [7, 11) is 0. The molecule has 148 valence electrons. The van der Waals surface area contributed by atoms with Gasteiger partial charge in [0.05, 0.1) is 12.5 Å². The van der Waals surface area contributed by atoms with Crippen molar-refractivity contribution in [1.82, 2.24) is 4.90 Å². The lowest BCUT2D eigenvalue weighted by molar-refractivity contribution is -0.152. The van der Waals surface area contributed by atoms with E-state index in [-0.39, 0.29) is 18.4 Å². The zero-order valence-electron chi connectivity index (χ0n) is 17.0. The highest BCUT2D eigenvalue weighted by molar-refractivity contribution is 5.80. The van der Waals surface area contributed by atoms with Crippen molar-refractivity contribution in [2.75, 3.05) is 19.7 Å².